The molecule has 0 aliphatic heterocycles. The number of hydrogen-bond acceptors (Lipinski definition) is 6. The summed E-state index contributed by atoms with van der Waals surface area (Å²) in [4.78, 5) is 26.1. The van der Waals surface area contributed by atoms with E-state index >= 15 is 0 Å². The van der Waals surface area contributed by atoms with Crippen molar-refractivity contribution in [3.8, 4) is 0 Å². The minimum Gasteiger partial charge on any atom is -0.461 e. The number of carbonyl (C=O) groups is 2. The van der Waals surface area contributed by atoms with Crippen LogP contribution in [0.3, 0.4) is 0 Å². The van der Waals surface area contributed by atoms with Gasteiger partial charge in [-0.3, -0.25) is 9.59 Å². The fraction of sp³-hybridized carbons (Fsp3) is 0.750. The van der Waals surface area contributed by atoms with Gasteiger partial charge >= 0.3 is 5.97 Å². The number of aliphatic hydroxyl groups excluding tert-OH is 2. The van der Waals surface area contributed by atoms with Crippen molar-refractivity contribution in [1.29, 1.82) is 0 Å². The second-order valence-electron chi connectivity index (χ2n) is 10.9. The normalized spacial score (nSPS) is 46.3. The Morgan fingerprint density at radius 2 is 1.90 bits per heavy atom. The van der Waals surface area contributed by atoms with Gasteiger partial charge in [-0.15, -0.1) is 0 Å². The molecule has 8 atom stereocenters. The molecule has 30 heavy (non-hydrogen) atoms. The predicted molar refractivity (Wildman–Crippen MR) is 110 cm³/mol. The lowest BCUT2D eigenvalue weighted by Gasteiger charge is -2.48. The SMILES string of the molecule is CC1=CC23C(=O)C(C=C(COC(=O)C(C)C)C(O)C2(O)C1O)C1C(CC3C)C1(C)C. The molecule has 6 heteroatoms. The molecule has 4 aliphatic carbocycles. The molecule has 0 aromatic carbocycles. The summed E-state index contributed by atoms with van der Waals surface area (Å²) < 4.78 is 5.38. The van der Waals surface area contributed by atoms with Gasteiger partial charge < -0.3 is 20.1 Å². The number of aliphatic hydroxyl groups is 3. The van der Waals surface area contributed by atoms with Gasteiger partial charge in [-0.05, 0) is 47.7 Å². The number of fused-ring (bicyclic) bond motifs is 3. The number of hydrogen-bond donors (Lipinski definition) is 3. The highest BCUT2D eigenvalue weighted by molar-refractivity contribution is 5.95. The molecule has 0 radical (unpaired) electrons. The Morgan fingerprint density at radius 3 is 2.50 bits per heavy atom. The summed E-state index contributed by atoms with van der Waals surface area (Å²) in [5, 5.41) is 34.2. The largest absolute Gasteiger partial charge is 0.461 e. The van der Waals surface area contributed by atoms with Crippen molar-refractivity contribution >= 4 is 11.8 Å². The van der Waals surface area contributed by atoms with Crippen molar-refractivity contribution in [2.45, 2.75) is 65.8 Å². The van der Waals surface area contributed by atoms with E-state index in [0.29, 0.717) is 17.1 Å². The summed E-state index contributed by atoms with van der Waals surface area (Å²) in [6, 6.07) is 0. The van der Waals surface area contributed by atoms with Crippen LogP contribution in [0.2, 0.25) is 0 Å². The summed E-state index contributed by atoms with van der Waals surface area (Å²) in [7, 11) is 0. The maximum atomic E-state index is 14.0. The third-order valence-electron chi connectivity index (χ3n) is 8.60. The van der Waals surface area contributed by atoms with Gasteiger partial charge in [0.05, 0.1) is 11.3 Å². The van der Waals surface area contributed by atoms with Crippen LogP contribution in [0, 0.1) is 40.4 Å². The lowest BCUT2D eigenvalue weighted by molar-refractivity contribution is -0.190. The highest BCUT2D eigenvalue weighted by atomic mass is 16.5. The summed E-state index contributed by atoms with van der Waals surface area (Å²) >= 11 is 0. The van der Waals surface area contributed by atoms with Crippen molar-refractivity contribution in [3.63, 3.8) is 0 Å². The van der Waals surface area contributed by atoms with Gasteiger partial charge in [0.15, 0.2) is 5.78 Å². The summed E-state index contributed by atoms with van der Waals surface area (Å²) in [5.74, 6) is -1.22. The molecule has 166 valence electrons. The molecule has 4 aliphatic rings. The van der Waals surface area contributed by atoms with Crippen LogP contribution in [-0.4, -0.2) is 51.5 Å². The highest BCUT2D eigenvalue weighted by Crippen LogP contribution is 2.71. The van der Waals surface area contributed by atoms with Crippen LogP contribution in [0.1, 0.15) is 48.0 Å². The third-order valence-corrected chi connectivity index (χ3v) is 8.60. The first-order valence-corrected chi connectivity index (χ1v) is 11.0. The Morgan fingerprint density at radius 1 is 1.27 bits per heavy atom. The molecule has 3 N–H and O–H groups in total. The van der Waals surface area contributed by atoms with E-state index in [4.69, 9.17) is 4.74 Å². The summed E-state index contributed by atoms with van der Waals surface area (Å²) in [5.41, 5.74) is -2.69. The lowest BCUT2D eigenvalue weighted by Crippen LogP contribution is -2.65. The van der Waals surface area contributed by atoms with E-state index in [9.17, 15) is 24.9 Å². The van der Waals surface area contributed by atoms with Gasteiger partial charge in [-0.1, -0.05) is 46.8 Å². The number of Topliss-reactive ketones (excluding diaryl/α,β-unsaturated/α-hetero) is 1. The Hall–Kier alpha value is -1.50. The van der Waals surface area contributed by atoms with E-state index in [0.717, 1.165) is 6.42 Å². The Labute approximate surface area is 178 Å². The maximum Gasteiger partial charge on any atom is 0.308 e. The molecular formula is C24H34O6. The van der Waals surface area contributed by atoms with Gasteiger partial charge in [0.25, 0.3) is 0 Å². The van der Waals surface area contributed by atoms with Gasteiger partial charge in [0.1, 0.15) is 24.4 Å². The minimum absolute atomic E-state index is 0.0181. The lowest BCUT2D eigenvalue weighted by atomic mass is 9.59. The van der Waals surface area contributed by atoms with Crippen molar-refractivity contribution in [1.82, 2.24) is 0 Å². The van der Waals surface area contributed by atoms with E-state index < -0.39 is 35.1 Å². The standard InChI is InChI=1S/C24H34O6/c1-11(2)21(28)30-10-14-8-15-17-16(22(17,5)6)7-13(4)23(20(15)27)9-12(3)18(25)24(23,29)19(14)26/h8-9,11,13,15-19,25-26,29H,7,10H2,1-6H3. The second kappa shape index (κ2) is 6.50. The smallest absolute Gasteiger partial charge is 0.308 e. The summed E-state index contributed by atoms with van der Waals surface area (Å²) in [6.45, 7) is 11.2. The molecule has 0 aromatic rings. The zero-order chi connectivity index (χ0) is 22.4. The van der Waals surface area contributed by atoms with Gasteiger partial charge in [0.2, 0.25) is 0 Å². The fourth-order valence-corrected chi connectivity index (χ4v) is 6.74. The molecular weight excluding hydrogens is 384 g/mol. The molecule has 6 nitrogen and oxygen atoms in total. The molecule has 1 spiro atoms. The van der Waals surface area contributed by atoms with Crippen LogP contribution in [-0.2, 0) is 14.3 Å². The molecule has 2 fully saturated rings. The fourth-order valence-electron chi connectivity index (χ4n) is 6.74. The van der Waals surface area contributed by atoms with Crippen LogP contribution in [0.5, 0.6) is 0 Å². The predicted octanol–water partition coefficient (Wildman–Crippen LogP) is 2.02. The van der Waals surface area contributed by atoms with E-state index in [1.165, 1.54) is 0 Å². The third kappa shape index (κ3) is 2.47. The average molecular weight is 419 g/mol. The monoisotopic (exact) mass is 418 g/mol. The molecule has 0 saturated heterocycles. The van der Waals surface area contributed by atoms with E-state index in [1.54, 1.807) is 32.9 Å². The first kappa shape index (κ1) is 21.7. The zero-order valence-corrected chi connectivity index (χ0v) is 18.7. The van der Waals surface area contributed by atoms with Crippen LogP contribution >= 0.6 is 0 Å². The van der Waals surface area contributed by atoms with Crippen molar-refractivity contribution in [2.24, 2.45) is 40.4 Å². The molecule has 8 unspecified atom stereocenters. The van der Waals surface area contributed by atoms with Crippen molar-refractivity contribution < 1.29 is 29.6 Å². The average Bonchev–Trinajstić information content (AvgIpc) is 3.17. The first-order valence-electron chi connectivity index (χ1n) is 11.0. The van der Waals surface area contributed by atoms with Gasteiger partial charge in [0, 0.05) is 5.92 Å². The molecule has 2 saturated carbocycles. The van der Waals surface area contributed by atoms with Crippen molar-refractivity contribution in [2.75, 3.05) is 6.61 Å². The zero-order valence-electron chi connectivity index (χ0n) is 18.7. The number of ether oxygens (including phenoxy) is 1. The molecule has 0 amide bonds. The van der Waals surface area contributed by atoms with Crippen LogP contribution in [0.25, 0.3) is 0 Å². The Balaban J connectivity index is 1.86. The van der Waals surface area contributed by atoms with E-state index in [-0.39, 0.29) is 35.6 Å². The number of rotatable bonds is 3. The topological polar surface area (TPSA) is 104 Å². The quantitative estimate of drug-likeness (QED) is 0.479. The van der Waals surface area contributed by atoms with E-state index in [2.05, 4.69) is 13.8 Å². The van der Waals surface area contributed by atoms with Gasteiger partial charge in [-0.2, -0.15) is 0 Å². The Kier molecular flexibility index (Phi) is 4.71. The Bertz CT molecular complexity index is 854. The number of allylic oxidation sites excluding steroid dienone is 1. The number of ketones is 1. The highest BCUT2D eigenvalue weighted by Gasteiger charge is 2.75. The van der Waals surface area contributed by atoms with Gasteiger partial charge in [-0.25, -0.2) is 0 Å². The van der Waals surface area contributed by atoms with Crippen LogP contribution in [0.15, 0.2) is 23.3 Å². The van der Waals surface area contributed by atoms with E-state index in [1.807, 2.05) is 6.92 Å². The van der Waals surface area contributed by atoms with Crippen LogP contribution in [0.4, 0.5) is 0 Å². The minimum atomic E-state index is -2.08. The number of carbonyl (C=O) groups excluding carboxylic acids is 2. The molecule has 4 rings (SSSR count). The first-order chi connectivity index (χ1) is 13.8. The number of esters is 1. The second-order valence-corrected chi connectivity index (χ2v) is 10.9. The summed E-state index contributed by atoms with van der Waals surface area (Å²) in [6.07, 6.45) is 1.28. The van der Waals surface area contributed by atoms with Crippen molar-refractivity contribution in [3.05, 3.63) is 23.3 Å². The van der Waals surface area contributed by atoms with Crippen LogP contribution < -0.4 is 0 Å². The maximum absolute atomic E-state index is 14.0. The molecule has 0 aromatic heterocycles. The molecule has 2 bridgehead atoms. The molecule has 0 heterocycles.